The fourth-order valence-electron chi connectivity index (χ4n) is 1.39. The van der Waals surface area contributed by atoms with Crippen LogP contribution in [0.25, 0.3) is 10.6 Å². The molecule has 0 aliphatic rings. The largest absolute Gasteiger partial charge is 0.497 e. The van der Waals surface area contributed by atoms with Gasteiger partial charge in [0.25, 0.3) is 0 Å². The van der Waals surface area contributed by atoms with E-state index in [0.717, 1.165) is 16.3 Å². The molecule has 0 aliphatic heterocycles. The molecule has 0 radical (unpaired) electrons. The number of aromatic nitrogens is 1. The third-order valence-corrected chi connectivity index (χ3v) is 3.48. The van der Waals surface area contributed by atoms with Crippen molar-refractivity contribution in [1.29, 1.82) is 0 Å². The normalized spacial score (nSPS) is 10.4. The van der Waals surface area contributed by atoms with E-state index in [4.69, 9.17) is 4.74 Å². The monoisotopic (exact) mass is 237 g/mol. The van der Waals surface area contributed by atoms with Gasteiger partial charge in [0.2, 0.25) is 0 Å². The maximum Gasteiger partial charge on any atom is 0.137 e. The molecule has 0 fully saturated rings. The Hall–Kier alpha value is -1.42. The third-order valence-electron chi connectivity index (χ3n) is 2.31. The van der Waals surface area contributed by atoms with Crippen molar-refractivity contribution in [3.05, 3.63) is 35.1 Å². The zero-order valence-electron chi connectivity index (χ0n) is 9.16. The van der Waals surface area contributed by atoms with E-state index < -0.39 is 0 Å². The number of hydrogen-bond donors (Lipinski definition) is 0. The molecule has 0 aliphatic carbocycles. The summed E-state index contributed by atoms with van der Waals surface area (Å²) in [5.74, 6) is 0.227. The van der Waals surface area contributed by atoms with Gasteiger partial charge in [0.1, 0.15) is 16.6 Å². The lowest BCUT2D eigenvalue weighted by atomic mass is 10.2. The van der Waals surface area contributed by atoms with E-state index >= 15 is 0 Å². The van der Waals surface area contributed by atoms with Crippen molar-refractivity contribution in [3.63, 3.8) is 0 Å². The van der Waals surface area contributed by atoms with Gasteiger partial charge < -0.3 is 4.74 Å². The standard InChI is InChI=1S/C12H12FNOS/c1-3-9-7-14-12(16-9)10-5-4-8(15-2)6-11(10)13/h4-7H,3H2,1-2H3. The number of ether oxygens (including phenoxy) is 1. The summed E-state index contributed by atoms with van der Waals surface area (Å²) in [5, 5.41) is 0.719. The molecule has 1 aromatic heterocycles. The second kappa shape index (κ2) is 4.61. The topological polar surface area (TPSA) is 22.1 Å². The molecule has 2 nitrogen and oxygen atoms in total. The fourth-order valence-corrected chi connectivity index (χ4v) is 2.27. The van der Waals surface area contributed by atoms with E-state index in [1.807, 2.05) is 0 Å². The van der Waals surface area contributed by atoms with Crippen molar-refractivity contribution >= 4 is 11.3 Å². The lowest BCUT2D eigenvalue weighted by Crippen LogP contribution is -1.87. The summed E-state index contributed by atoms with van der Waals surface area (Å²) in [6.45, 7) is 2.06. The summed E-state index contributed by atoms with van der Waals surface area (Å²) < 4.78 is 18.7. The number of hydrogen-bond acceptors (Lipinski definition) is 3. The van der Waals surface area contributed by atoms with E-state index in [9.17, 15) is 4.39 Å². The summed E-state index contributed by atoms with van der Waals surface area (Å²) in [4.78, 5) is 5.37. The molecule has 4 heteroatoms. The lowest BCUT2D eigenvalue weighted by Gasteiger charge is -2.02. The number of benzene rings is 1. The lowest BCUT2D eigenvalue weighted by molar-refractivity contribution is 0.411. The first kappa shape index (κ1) is 11.1. The van der Waals surface area contributed by atoms with Crippen molar-refractivity contribution in [2.45, 2.75) is 13.3 Å². The minimum atomic E-state index is -0.295. The molecule has 2 rings (SSSR count). The Morgan fingerprint density at radius 1 is 1.44 bits per heavy atom. The van der Waals surface area contributed by atoms with Gasteiger partial charge in [-0.25, -0.2) is 9.37 Å². The predicted octanol–water partition coefficient (Wildman–Crippen LogP) is 3.52. The molecule has 0 unspecified atom stereocenters. The molecule has 0 spiro atoms. The molecule has 0 N–H and O–H groups in total. The van der Waals surface area contributed by atoms with Crippen molar-refractivity contribution in [2.24, 2.45) is 0 Å². The van der Waals surface area contributed by atoms with Gasteiger partial charge in [0.15, 0.2) is 0 Å². The van der Waals surface area contributed by atoms with Gasteiger partial charge in [-0.05, 0) is 18.6 Å². The van der Waals surface area contributed by atoms with Crippen LogP contribution in [0.5, 0.6) is 5.75 Å². The van der Waals surface area contributed by atoms with Crippen molar-refractivity contribution < 1.29 is 9.13 Å². The van der Waals surface area contributed by atoms with Gasteiger partial charge >= 0.3 is 0 Å². The van der Waals surface area contributed by atoms with Crippen LogP contribution in [0.15, 0.2) is 24.4 Å². The Kier molecular flexibility index (Phi) is 3.19. The molecule has 0 saturated heterocycles. The van der Waals surface area contributed by atoms with E-state index in [-0.39, 0.29) is 5.82 Å². The summed E-state index contributed by atoms with van der Waals surface area (Å²) in [7, 11) is 1.52. The zero-order valence-corrected chi connectivity index (χ0v) is 9.97. The maximum atomic E-state index is 13.7. The van der Waals surface area contributed by atoms with Gasteiger partial charge in [0, 0.05) is 22.7 Å². The number of methoxy groups -OCH3 is 1. The first-order chi connectivity index (χ1) is 7.74. The third kappa shape index (κ3) is 2.07. The highest BCUT2D eigenvalue weighted by molar-refractivity contribution is 7.15. The van der Waals surface area contributed by atoms with Crippen molar-refractivity contribution in [3.8, 4) is 16.3 Å². The Labute approximate surface area is 97.7 Å². The minimum absolute atomic E-state index is 0.295. The average Bonchev–Trinajstić information content (AvgIpc) is 2.77. The van der Waals surface area contributed by atoms with Crippen LogP contribution < -0.4 is 4.74 Å². The maximum absolute atomic E-state index is 13.7. The minimum Gasteiger partial charge on any atom is -0.497 e. The van der Waals surface area contributed by atoms with E-state index in [0.29, 0.717) is 11.3 Å². The molecule has 2 aromatic rings. The van der Waals surface area contributed by atoms with Crippen LogP contribution in [0.3, 0.4) is 0 Å². The molecule has 0 saturated carbocycles. The number of aryl methyl sites for hydroxylation is 1. The smallest absolute Gasteiger partial charge is 0.137 e. The highest BCUT2D eigenvalue weighted by Crippen LogP contribution is 2.29. The zero-order chi connectivity index (χ0) is 11.5. The van der Waals surface area contributed by atoms with Gasteiger partial charge in [-0.2, -0.15) is 0 Å². The molecule has 0 atom stereocenters. The van der Waals surface area contributed by atoms with Crippen LogP contribution in [0.2, 0.25) is 0 Å². The fraction of sp³-hybridized carbons (Fsp3) is 0.250. The molecule has 1 heterocycles. The number of nitrogens with zero attached hydrogens (tertiary/aromatic N) is 1. The summed E-state index contributed by atoms with van der Waals surface area (Å²) >= 11 is 1.52. The Balaban J connectivity index is 2.40. The van der Waals surface area contributed by atoms with Gasteiger partial charge in [-0.1, -0.05) is 6.92 Å². The van der Waals surface area contributed by atoms with Gasteiger partial charge in [-0.15, -0.1) is 11.3 Å². The Bertz CT molecular complexity index is 496. The number of rotatable bonds is 3. The summed E-state index contributed by atoms with van der Waals surface area (Å²) in [6.07, 6.45) is 2.72. The number of halogens is 1. The first-order valence-corrected chi connectivity index (χ1v) is 5.85. The van der Waals surface area contributed by atoms with Crippen LogP contribution in [0.1, 0.15) is 11.8 Å². The molecule has 1 aromatic carbocycles. The molecule has 0 bridgehead atoms. The molecule has 16 heavy (non-hydrogen) atoms. The second-order valence-electron chi connectivity index (χ2n) is 3.33. The molecule has 0 amide bonds. The highest BCUT2D eigenvalue weighted by atomic mass is 32.1. The van der Waals surface area contributed by atoms with Gasteiger partial charge in [0.05, 0.1) is 7.11 Å². The SMILES string of the molecule is CCc1cnc(-c2ccc(OC)cc2F)s1. The Morgan fingerprint density at radius 3 is 2.81 bits per heavy atom. The van der Waals surface area contributed by atoms with Crippen LogP contribution in [0.4, 0.5) is 4.39 Å². The second-order valence-corrected chi connectivity index (χ2v) is 4.45. The quantitative estimate of drug-likeness (QED) is 0.814. The number of thiazole rings is 1. The van der Waals surface area contributed by atoms with Crippen molar-refractivity contribution in [2.75, 3.05) is 7.11 Å². The van der Waals surface area contributed by atoms with Crippen LogP contribution in [0, 0.1) is 5.82 Å². The Morgan fingerprint density at radius 2 is 2.25 bits per heavy atom. The van der Waals surface area contributed by atoms with Gasteiger partial charge in [-0.3, -0.25) is 0 Å². The van der Waals surface area contributed by atoms with Crippen LogP contribution in [-0.4, -0.2) is 12.1 Å². The molecule has 84 valence electrons. The van der Waals surface area contributed by atoms with E-state index in [1.165, 1.54) is 24.5 Å². The molecular weight excluding hydrogens is 225 g/mol. The predicted molar refractivity (Wildman–Crippen MR) is 63.4 cm³/mol. The summed E-state index contributed by atoms with van der Waals surface area (Å²) in [6, 6.07) is 4.82. The first-order valence-electron chi connectivity index (χ1n) is 5.03. The average molecular weight is 237 g/mol. The summed E-state index contributed by atoms with van der Waals surface area (Å²) in [5.41, 5.74) is 0.533. The highest BCUT2D eigenvalue weighted by Gasteiger charge is 2.10. The van der Waals surface area contributed by atoms with Crippen LogP contribution >= 0.6 is 11.3 Å². The van der Waals surface area contributed by atoms with Crippen LogP contribution in [-0.2, 0) is 6.42 Å². The molecular formula is C12H12FNOS. The van der Waals surface area contributed by atoms with E-state index in [2.05, 4.69) is 11.9 Å². The van der Waals surface area contributed by atoms with E-state index in [1.54, 1.807) is 18.3 Å². The van der Waals surface area contributed by atoms with Crippen molar-refractivity contribution in [1.82, 2.24) is 4.98 Å².